The molecule has 1 fully saturated rings. The molecule has 0 bridgehead atoms. The van der Waals surface area contributed by atoms with Crippen molar-refractivity contribution in [1.29, 1.82) is 0 Å². The number of carbonyl (C=O) groups excluding carboxylic acids is 3. The molecule has 2 aromatic carbocycles. The second-order valence-electron chi connectivity index (χ2n) is 8.81. The van der Waals surface area contributed by atoms with E-state index in [0.29, 0.717) is 62.4 Å². The Morgan fingerprint density at radius 1 is 0.971 bits per heavy atom. The number of piperidine rings is 1. The number of benzene rings is 2. The smallest absolute Gasteiger partial charge is 0.253 e. The minimum absolute atomic E-state index is 0.0460. The van der Waals surface area contributed by atoms with Crippen LogP contribution in [0.2, 0.25) is 0 Å². The number of aryl methyl sites for hydroxylation is 1. The van der Waals surface area contributed by atoms with E-state index in [0.717, 1.165) is 5.56 Å². The molecule has 1 heterocycles. The van der Waals surface area contributed by atoms with Gasteiger partial charge in [0, 0.05) is 44.5 Å². The van der Waals surface area contributed by atoms with Gasteiger partial charge in [0.25, 0.3) is 11.8 Å². The molecule has 1 atom stereocenters. The first-order valence-electron chi connectivity index (χ1n) is 12.0. The lowest BCUT2D eigenvalue weighted by atomic mass is 9.88. The van der Waals surface area contributed by atoms with Gasteiger partial charge in [0.2, 0.25) is 5.91 Å². The lowest BCUT2D eigenvalue weighted by Crippen LogP contribution is -2.54. The van der Waals surface area contributed by atoms with Gasteiger partial charge in [0.15, 0.2) is 0 Å². The summed E-state index contributed by atoms with van der Waals surface area (Å²) in [6.45, 7) is 4.01. The van der Waals surface area contributed by atoms with Gasteiger partial charge in [-0.25, -0.2) is 0 Å². The molecule has 1 unspecified atom stereocenters. The Labute approximate surface area is 207 Å². The van der Waals surface area contributed by atoms with Crippen molar-refractivity contribution in [2.75, 3.05) is 40.5 Å². The van der Waals surface area contributed by atoms with Crippen molar-refractivity contribution in [1.82, 2.24) is 15.5 Å². The van der Waals surface area contributed by atoms with Crippen LogP contribution >= 0.6 is 0 Å². The molecule has 3 rings (SSSR count). The monoisotopic (exact) mass is 481 g/mol. The number of ether oxygens (including phenoxy) is 2. The molecule has 2 N–H and O–H groups in total. The highest BCUT2D eigenvalue weighted by Gasteiger charge is 2.34. The Morgan fingerprint density at radius 2 is 1.60 bits per heavy atom. The molecule has 3 amide bonds. The van der Waals surface area contributed by atoms with E-state index in [-0.39, 0.29) is 23.6 Å². The van der Waals surface area contributed by atoms with Crippen LogP contribution in [0.5, 0.6) is 5.75 Å². The molecular weight excluding hydrogens is 446 g/mol. The van der Waals surface area contributed by atoms with Gasteiger partial charge in [0.1, 0.15) is 11.8 Å². The lowest BCUT2D eigenvalue weighted by Gasteiger charge is -2.36. The van der Waals surface area contributed by atoms with Crippen molar-refractivity contribution in [3.05, 3.63) is 65.2 Å². The van der Waals surface area contributed by atoms with Gasteiger partial charge in [0.05, 0.1) is 7.11 Å². The third-order valence-electron chi connectivity index (χ3n) is 6.34. The molecule has 8 heteroatoms. The normalized spacial score (nSPS) is 14.8. The summed E-state index contributed by atoms with van der Waals surface area (Å²) < 4.78 is 10.2. The topological polar surface area (TPSA) is 97.0 Å². The molecule has 0 spiro atoms. The number of likely N-dealkylation sites (tertiary alicyclic amines) is 1. The number of carbonyl (C=O) groups is 3. The van der Waals surface area contributed by atoms with Crippen LogP contribution in [-0.4, -0.2) is 69.1 Å². The second-order valence-corrected chi connectivity index (χ2v) is 8.81. The summed E-state index contributed by atoms with van der Waals surface area (Å²) in [7, 11) is 3.21. The van der Waals surface area contributed by atoms with Crippen LogP contribution in [0.15, 0.2) is 48.5 Å². The molecule has 8 nitrogen and oxygen atoms in total. The SMILES string of the molecule is COCCCNC(=O)C(NC(=O)c1ccc(C)cc1)C1CCN(C(=O)c2ccc(OC)cc2)CC1. The number of hydrogen-bond acceptors (Lipinski definition) is 5. The zero-order valence-electron chi connectivity index (χ0n) is 20.7. The minimum atomic E-state index is -0.676. The van der Waals surface area contributed by atoms with Crippen LogP contribution in [0.4, 0.5) is 0 Å². The summed E-state index contributed by atoms with van der Waals surface area (Å²) in [5.41, 5.74) is 2.17. The van der Waals surface area contributed by atoms with Crippen molar-refractivity contribution in [3.8, 4) is 5.75 Å². The number of methoxy groups -OCH3 is 2. The maximum absolute atomic E-state index is 13.1. The molecule has 1 saturated heterocycles. The van der Waals surface area contributed by atoms with Gasteiger partial charge >= 0.3 is 0 Å². The summed E-state index contributed by atoms with van der Waals surface area (Å²) >= 11 is 0. The fourth-order valence-electron chi connectivity index (χ4n) is 4.22. The number of hydrogen-bond donors (Lipinski definition) is 2. The first kappa shape index (κ1) is 26.2. The fourth-order valence-corrected chi connectivity index (χ4v) is 4.22. The fraction of sp³-hybridized carbons (Fsp3) is 0.444. The van der Waals surface area contributed by atoms with E-state index in [1.165, 1.54) is 0 Å². The van der Waals surface area contributed by atoms with E-state index in [1.54, 1.807) is 55.5 Å². The number of nitrogens with one attached hydrogen (secondary N) is 2. The van der Waals surface area contributed by atoms with Crippen molar-refractivity contribution in [3.63, 3.8) is 0 Å². The molecule has 188 valence electrons. The minimum Gasteiger partial charge on any atom is -0.497 e. The average molecular weight is 482 g/mol. The van der Waals surface area contributed by atoms with Crippen molar-refractivity contribution in [2.24, 2.45) is 5.92 Å². The first-order chi connectivity index (χ1) is 16.9. The second kappa shape index (κ2) is 12.9. The molecule has 35 heavy (non-hydrogen) atoms. The highest BCUT2D eigenvalue weighted by atomic mass is 16.5. The van der Waals surface area contributed by atoms with Crippen LogP contribution in [0.25, 0.3) is 0 Å². The van der Waals surface area contributed by atoms with Crippen LogP contribution < -0.4 is 15.4 Å². The Kier molecular flexibility index (Phi) is 9.66. The highest BCUT2D eigenvalue weighted by Crippen LogP contribution is 2.23. The summed E-state index contributed by atoms with van der Waals surface area (Å²) in [5, 5.41) is 5.88. The van der Waals surface area contributed by atoms with Gasteiger partial charge in [-0.15, -0.1) is 0 Å². The standard InChI is InChI=1S/C27H35N3O5/c1-19-5-7-21(8-6-19)25(31)29-24(26(32)28-15-4-18-34-2)20-13-16-30(17-14-20)27(33)22-9-11-23(35-3)12-10-22/h5-12,20,24H,4,13-18H2,1-3H3,(H,28,32)(H,29,31). The maximum atomic E-state index is 13.1. The van der Waals surface area contributed by atoms with Gasteiger partial charge in [-0.1, -0.05) is 17.7 Å². The Bertz CT molecular complexity index is 983. The van der Waals surface area contributed by atoms with Crippen LogP contribution in [0, 0.1) is 12.8 Å². The third kappa shape index (κ3) is 7.29. The van der Waals surface area contributed by atoms with Crippen molar-refractivity contribution in [2.45, 2.75) is 32.2 Å². The Balaban J connectivity index is 1.65. The molecule has 2 aromatic rings. The molecule has 0 radical (unpaired) electrons. The lowest BCUT2D eigenvalue weighted by molar-refractivity contribution is -0.124. The van der Waals surface area contributed by atoms with E-state index in [1.807, 2.05) is 19.1 Å². The highest BCUT2D eigenvalue weighted by molar-refractivity contribution is 5.98. The van der Waals surface area contributed by atoms with Crippen molar-refractivity contribution < 1.29 is 23.9 Å². The van der Waals surface area contributed by atoms with E-state index < -0.39 is 6.04 Å². The molecular formula is C27H35N3O5. The first-order valence-corrected chi connectivity index (χ1v) is 12.0. The zero-order valence-corrected chi connectivity index (χ0v) is 20.7. The van der Waals surface area contributed by atoms with E-state index >= 15 is 0 Å². The molecule has 1 aliphatic heterocycles. The predicted octanol–water partition coefficient (Wildman–Crippen LogP) is 2.81. The molecule has 0 aliphatic carbocycles. The summed E-state index contributed by atoms with van der Waals surface area (Å²) in [4.78, 5) is 40.7. The van der Waals surface area contributed by atoms with Gasteiger partial charge in [-0.05, 0) is 68.5 Å². The molecule has 0 saturated carbocycles. The quantitative estimate of drug-likeness (QED) is 0.509. The maximum Gasteiger partial charge on any atom is 0.253 e. The van der Waals surface area contributed by atoms with Crippen LogP contribution in [-0.2, 0) is 9.53 Å². The van der Waals surface area contributed by atoms with Gasteiger partial charge in [-0.2, -0.15) is 0 Å². The predicted molar refractivity (Wildman–Crippen MR) is 134 cm³/mol. The molecule has 1 aliphatic rings. The largest absolute Gasteiger partial charge is 0.497 e. The number of rotatable bonds is 10. The van der Waals surface area contributed by atoms with Crippen LogP contribution in [0.1, 0.15) is 45.5 Å². The zero-order chi connectivity index (χ0) is 25.2. The van der Waals surface area contributed by atoms with E-state index in [9.17, 15) is 14.4 Å². The summed E-state index contributed by atoms with van der Waals surface area (Å²) in [6.07, 6.45) is 1.92. The third-order valence-corrected chi connectivity index (χ3v) is 6.34. The number of nitrogens with zero attached hydrogens (tertiary/aromatic N) is 1. The Morgan fingerprint density at radius 3 is 2.20 bits per heavy atom. The van der Waals surface area contributed by atoms with Crippen LogP contribution in [0.3, 0.4) is 0 Å². The summed E-state index contributed by atoms with van der Waals surface area (Å²) in [6, 6.07) is 13.6. The Hall–Kier alpha value is -3.39. The van der Waals surface area contributed by atoms with Crippen molar-refractivity contribution >= 4 is 17.7 Å². The van der Waals surface area contributed by atoms with E-state index in [4.69, 9.17) is 9.47 Å². The number of amides is 3. The summed E-state index contributed by atoms with van der Waals surface area (Å²) in [5.74, 6) is 0.0892. The molecule has 0 aromatic heterocycles. The average Bonchev–Trinajstić information content (AvgIpc) is 2.89. The van der Waals surface area contributed by atoms with E-state index in [2.05, 4.69) is 10.6 Å². The van der Waals surface area contributed by atoms with Gasteiger partial charge in [-0.3, -0.25) is 14.4 Å². The van der Waals surface area contributed by atoms with Gasteiger partial charge < -0.3 is 25.0 Å².